The van der Waals surface area contributed by atoms with Crippen LogP contribution in [0.25, 0.3) is 77.5 Å². The van der Waals surface area contributed by atoms with Crippen LogP contribution in [0.1, 0.15) is 35.1 Å². The van der Waals surface area contributed by atoms with Gasteiger partial charge in [-0.3, -0.25) is 0 Å². The van der Waals surface area contributed by atoms with Gasteiger partial charge in [0.1, 0.15) is 0 Å². The summed E-state index contributed by atoms with van der Waals surface area (Å²) in [5.41, 5.74) is 13.3. The standard InChI is InChI=1S/C41H33N.C14H10/c1-42(34-22-18-28(19-23-34)40-36-14-6-2-10-30(36)26-31-11-3-7-15-37(31)40)35-24-20-29(21-25-35)41-38-16-8-4-12-32(38)27-33-13-5-9-17-39(33)41;1-3-7-13-11(5-1)9-10-12-6-2-4-8-14(12)13/h2,4,6-10,12,14-27H,3,5,11,13H2,1H3;1-10H. The molecule has 0 saturated carbocycles. The molecule has 0 spiro atoms. The lowest BCUT2D eigenvalue weighted by molar-refractivity contribution is 0.989. The van der Waals surface area contributed by atoms with Gasteiger partial charge in [-0.15, -0.1) is 0 Å². The van der Waals surface area contributed by atoms with Crippen LogP contribution in [0.3, 0.4) is 0 Å². The van der Waals surface area contributed by atoms with Crippen LogP contribution in [0.4, 0.5) is 11.4 Å². The third kappa shape index (κ3) is 6.16. The molecule has 2 aliphatic carbocycles. The number of aryl methyl sites for hydroxylation is 2. The lowest BCUT2D eigenvalue weighted by Crippen LogP contribution is -2.09. The van der Waals surface area contributed by atoms with Crippen LogP contribution >= 0.6 is 0 Å². The summed E-state index contributed by atoms with van der Waals surface area (Å²) in [6.07, 6.45) is 13.7. The van der Waals surface area contributed by atoms with Gasteiger partial charge >= 0.3 is 0 Å². The summed E-state index contributed by atoms with van der Waals surface area (Å²) >= 11 is 0. The molecule has 0 aromatic heterocycles. The number of allylic oxidation sites excluding steroid dienone is 2. The monoisotopic (exact) mass is 717 g/mol. The first kappa shape index (κ1) is 33.8. The van der Waals surface area contributed by atoms with Gasteiger partial charge in [-0.05, 0) is 138 Å². The highest BCUT2D eigenvalue weighted by atomic mass is 15.1. The molecule has 0 heterocycles. The van der Waals surface area contributed by atoms with Crippen molar-refractivity contribution in [2.75, 3.05) is 11.9 Å². The minimum absolute atomic E-state index is 1.11. The van der Waals surface area contributed by atoms with Gasteiger partial charge in [0.25, 0.3) is 0 Å². The van der Waals surface area contributed by atoms with Crippen molar-refractivity contribution in [1.29, 1.82) is 0 Å². The third-order valence-corrected chi connectivity index (χ3v) is 11.8. The largest absolute Gasteiger partial charge is 0.345 e. The van der Waals surface area contributed by atoms with Crippen LogP contribution in [0.5, 0.6) is 0 Å². The lowest BCUT2D eigenvalue weighted by Gasteiger charge is -2.22. The molecule has 1 heteroatoms. The number of rotatable bonds is 4. The molecule has 9 aromatic carbocycles. The number of benzene rings is 9. The fourth-order valence-electron chi connectivity index (χ4n) is 8.95. The fourth-order valence-corrected chi connectivity index (χ4v) is 8.95. The van der Waals surface area contributed by atoms with E-state index in [1.54, 1.807) is 0 Å². The summed E-state index contributed by atoms with van der Waals surface area (Å²) in [7, 11) is 2.16. The zero-order valence-electron chi connectivity index (χ0n) is 31.8. The van der Waals surface area contributed by atoms with E-state index in [9.17, 15) is 0 Å². The molecule has 56 heavy (non-hydrogen) atoms. The van der Waals surface area contributed by atoms with Crippen LogP contribution in [-0.2, 0) is 12.8 Å². The van der Waals surface area contributed by atoms with Crippen molar-refractivity contribution in [1.82, 2.24) is 0 Å². The van der Waals surface area contributed by atoms with E-state index >= 15 is 0 Å². The van der Waals surface area contributed by atoms with Crippen molar-refractivity contribution in [2.24, 2.45) is 0 Å². The topological polar surface area (TPSA) is 3.24 Å². The molecule has 0 amide bonds. The lowest BCUT2D eigenvalue weighted by atomic mass is 9.85. The Hall–Kier alpha value is -6.70. The van der Waals surface area contributed by atoms with E-state index in [0.717, 1.165) is 25.7 Å². The zero-order valence-corrected chi connectivity index (χ0v) is 31.8. The molecule has 9 aromatic rings. The van der Waals surface area contributed by atoms with Crippen molar-refractivity contribution in [3.63, 3.8) is 0 Å². The first-order valence-electron chi connectivity index (χ1n) is 19.9. The summed E-state index contributed by atoms with van der Waals surface area (Å²) in [6, 6.07) is 61.9. The molecule has 0 N–H and O–H groups in total. The van der Waals surface area contributed by atoms with E-state index in [1.165, 1.54) is 99.0 Å². The van der Waals surface area contributed by atoms with E-state index in [0.29, 0.717) is 0 Å². The molecule has 2 aliphatic rings. The Labute approximate surface area is 329 Å². The van der Waals surface area contributed by atoms with Crippen molar-refractivity contribution in [3.8, 4) is 22.3 Å². The Balaban J connectivity index is 0.000000229. The zero-order chi connectivity index (χ0) is 37.4. The van der Waals surface area contributed by atoms with Gasteiger partial charge in [-0.1, -0.05) is 170 Å². The third-order valence-electron chi connectivity index (χ3n) is 11.8. The summed E-state index contributed by atoms with van der Waals surface area (Å²) in [6.45, 7) is 0. The van der Waals surface area contributed by atoms with Gasteiger partial charge in [0.15, 0.2) is 0 Å². The molecule has 0 aliphatic heterocycles. The van der Waals surface area contributed by atoms with E-state index in [1.807, 2.05) is 0 Å². The van der Waals surface area contributed by atoms with Crippen LogP contribution in [-0.4, -0.2) is 7.05 Å². The van der Waals surface area contributed by atoms with Gasteiger partial charge in [-0.25, -0.2) is 0 Å². The number of fused-ring (bicyclic) bond motifs is 7. The van der Waals surface area contributed by atoms with Gasteiger partial charge in [0.05, 0.1) is 0 Å². The Morgan fingerprint density at radius 1 is 0.375 bits per heavy atom. The van der Waals surface area contributed by atoms with Crippen LogP contribution in [0.15, 0.2) is 182 Å². The number of anilines is 2. The maximum Gasteiger partial charge on any atom is 0.0408 e. The number of hydrogen-bond donors (Lipinski definition) is 0. The Morgan fingerprint density at radius 2 is 0.750 bits per heavy atom. The minimum atomic E-state index is 1.11. The average Bonchev–Trinajstić information content (AvgIpc) is 3.27. The molecule has 0 fully saturated rings. The van der Waals surface area contributed by atoms with Crippen LogP contribution < -0.4 is 4.90 Å². The van der Waals surface area contributed by atoms with Crippen molar-refractivity contribution in [3.05, 3.63) is 204 Å². The quantitative estimate of drug-likeness (QED) is 0.164. The first-order chi connectivity index (χ1) is 27.7. The average molecular weight is 718 g/mol. The van der Waals surface area contributed by atoms with Gasteiger partial charge < -0.3 is 4.90 Å². The van der Waals surface area contributed by atoms with Crippen molar-refractivity contribution in [2.45, 2.75) is 25.7 Å². The number of hydrogen-bond acceptors (Lipinski definition) is 1. The summed E-state index contributed by atoms with van der Waals surface area (Å²) in [5, 5.41) is 10.6. The first-order valence-corrected chi connectivity index (χ1v) is 19.9. The van der Waals surface area contributed by atoms with E-state index in [-0.39, 0.29) is 0 Å². The Morgan fingerprint density at radius 3 is 1.18 bits per heavy atom. The van der Waals surface area contributed by atoms with Crippen LogP contribution in [0.2, 0.25) is 0 Å². The molecule has 0 unspecified atom stereocenters. The molecular formula is C55H43N. The molecule has 0 saturated heterocycles. The van der Waals surface area contributed by atoms with E-state index in [4.69, 9.17) is 0 Å². The minimum Gasteiger partial charge on any atom is -0.345 e. The molecule has 11 rings (SSSR count). The molecule has 268 valence electrons. The summed E-state index contributed by atoms with van der Waals surface area (Å²) < 4.78 is 0. The second-order valence-corrected chi connectivity index (χ2v) is 15.1. The Kier molecular flexibility index (Phi) is 8.77. The van der Waals surface area contributed by atoms with E-state index < -0.39 is 0 Å². The predicted octanol–water partition coefficient (Wildman–Crippen LogP) is 15.0. The SMILES string of the molecule is CN(c1ccc(-c2c3c(cc4ccccc24)CCC=C3)cc1)c1ccc(-c2c3c(cc4ccccc24)CCC=C3)cc1.c1ccc2c(c1)ccc1ccccc12. The van der Waals surface area contributed by atoms with Gasteiger partial charge in [0, 0.05) is 18.4 Å². The highest BCUT2D eigenvalue weighted by molar-refractivity contribution is 6.07. The van der Waals surface area contributed by atoms with Crippen LogP contribution in [0, 0.1) is 0 Å². The van der Waals surface area contributed by atoms with Gasteiger partial charge in [0.2, 0.25) is 0 Å². The van der Waals surface area contributed by atoms with Crippen molar-refractivity contribution < 1.29 is 0 Å². The van der Waals surface area contributed by atoms with E-state index in [2.05, 4.69) is 206 Å². The molecular weight excluding hydrogens is 675 g/mol. The molecule has 0 radical (unpaired) electrons. The highest BCUT2D eigenvalue weighted by Crippen LogP contribution is 2.41. The maximum atomic E-state index is 2.38. The molecule has 1 nitrogen and oxygen atoms in total. The second kappa shape index (κ2) is 14.5. The smallest absolute Gasteiger partial charge is 0.0408 e. The normalized spacial score (nSPS) is 13.0. The summed E-state index contributed by atoms with van der Waals surface area (Å²) in [4.78, 5) is 2.28. The molecule has 0 atom stereocenters. The molecule has 0 bridgehead atoms. The van der Waals surface area contributed by atoms with Crippen molar-refractivity contribution >= 4 is 66.6 Å². The maximum absolute atomic E-state index is 2.38. The second-order valence-electron chi connectivity index (χ2n) is 15.1. The predicted molar refractivity (Wildman–Crippen MR) is 243 cm³/mol. The number of nitrogens with zero attached hydrogens (tertiary/aromatic N) is 1. The van der Waals surface area contributed by atoms with Gasteiger partial charge in [-0.2, -0.15) is 0 Å². The summed E-state index contributed by atoms with van der Waals surface area (Å²) in [5.74, 6) is 0. The highest BCUT2D eigenvalue weighted by Gasteiger charge is 2.18. The Bertz CT molecular complexity index is 2760. The fraction of sp³-hybridized carbons (Fsp3) is 0.0909.